The van der Waals surface area contributed by atoms with Crippen LogP contribution in [0.3, 0.4) is 0 Å². The summed E-state index contributed by atoms with van der Waals surface area (Å²) in [5, 5.41) is 11.5. The molecule has 2 unspecified atom stereocenters. The summed E-state index contributed by atoms with van der Waals surface area (Å²) in [4.78, 5) is 26.1. The molecule has 1 amide bonds. The van der Waals surface area contributed by atoms with Crippen molar-refractivity contribution in [1.82, 2.24) is 14.9 Å². The lowest BCUT2D eigenvalue weighted by Crippen LogP contribution is -2.41. The quantitative estimate of drug-likeness (QED) is 0.608. The number of aromatic nitrogens is 2. The monoisotopic (exact) mass is 268 g/mol. The number of nitrogens with zero attached hydrogens (tertiary/aromatic N) is 2. The van der Waals surface area contributed by atoms with Gasteiger partial charge in [0.15, 0.2) is 5.69 Å². The number of nitrogens with two attached hydrogens (primary N) is 1. The van der Waals surface area contributed by atoms with Gasteiger partial charge < -0.3 is 25.5 Å². The van der Waals surface area contributed by atoms with Gasteiger partial charge in [-0.15, -0.1) is 0 Å². The lowest BCUT2D eigenvalue weighted by molar-refractivity contribution is -0.125. The number of hydrogen-bond acceptors (Lipinski definition) is 5. The molecule has 19 heavy (non-hydrogen) atoms. The molecule has 8 nitrogen and oxygen atoms in total. The summed E-state index contributed by atoms with van der Waals surface area (Å²) in [6.45, 7) is 1.59. The molecule has 104 valence electrons. The number of carboxylic acids is 1. The standard InChI is InChI=1S/C11H16N4O4/c12-8-5-19-4-7(8)10(16)13-1-2-15-3-9(11(17)18)14-6-15/h3,6-8H,1-2,4-5,12H2,(H,13,16)(H,17,18). The Hall–Kier alpha value is -1.93. The van der Waals surface area contributed by atoms with Gasteiger partial charge in [0.05, 0.1) is 25.5 Å². The number of rotatable bonds is 5. The molecule has 0 radical (unpaired) electrons. The van der Waals surface area contributed by atoms with Crippen LogP contribution in [-0.4, -0.2) is 52.3 Å². The Morgan fingerprint density at radius 2 is 2.37 bits per heavy atom. The van der Waals surface area contributed by atoms with Gasteiger partial charge >= 0.3 is 5.97 Å². The summed E-state index contributed by atoms with van der Waals surface area (Å²) < 4.78 is 6.72. The Bertz CT molecular complexity index is 473. The third-order valence-electron chi connectivity index (χ3n) is 2.98. The first-order valence-electron chi connectivity index (χ1n) is 5.94. The Morgan fingerprint density at radius 1 is 1.58 bits per heavy atom. The summed E-state index contributed by atoms with van der Waals surface area (Å²) in [7, 11) is 0. The van der Waals surface area contributed by atoms with Crippen LogP contribution in [0.2, 0.25) is 0 Å². The van der Waals surface area contributed by atoms with Gasteiger partial charge in [0.1, 0.15) is 0 Å². The van der Waals surface area contributed by atoms with Crippen LogP contribution in [0.25, 0.3) is 0 Å². The average molecular weight is 268 g/mol. The molecule has 0 saturated carbocycles. The second-order valence-electron chi connectivity index (χ2n) is 4.40. The summed E-state index contributed by atoms with van der Waals surface area (Å²) in [6, 6.07) is -0.258. The molecular formula is C11H16N4O4. The van der Waals surface area contributed by atoms with Gasteiger partial charge in [0.2, 0.25) is 5.91 Å². The van der Waals surface area contributed by atoms with Gasteiger partial charge in [-0.25, -0.2) is 9.78 Å². The highest BCUT2D eigenvalue weighted by Gasteiger charge is 2.30. The van der Waals surface area contributed by atoms with E-state index in [-0.39, 0.29) is 23.6 Å². The molecule has 1 saturated heterocycles. The predicted molar refractivity (Wildman–Crippen MR) is 64.5 cm³/mol. The summed E-state index contributed by atoms with van der Waals surface area (Å²) in [5.41, 5.74) is 5.72. The molecule has 1 aliphatic rings. The van der Waals surface area contributed by atoms with E-state index in [1.54, 1.807) is 4.57 Å². The van der Waals surface area contributed by atoms with E-state index in [9.17, 15) is 9.59 Å². The van der Waals surface area contributed by atoms with E-state index in [4.69, 9.17) is 15.6 Å². The van der Waals surface area contributed by atoms with E-state index in [2.05, 4.69) is 10.3 Å². The van der Waals surface area contributed by atoms with E-state index in [1.807, 2.05) is 0 Å². The molecule has 1 aliphatic heterocycles. The van der Waals surface area contributed by atoms with E-state index in [0.717, 1.165) is 0 Å². The van der Waals surface area contributed by atoms with Crippen molar-refractivity contribution in [2.45, 2.75) is 12.6 Å². The number of carboxylic acid groups (broad SMARTS) is 1. The van der Waals surface area contributed by atoms with Crippen molar-refractivity contribution in [3.8, 4) is 0 Å². The molecule has 1 aromatic heterocycles. The van der Waals surface area contributed by atoms with Gasteiger partial charge in [0.25, 0.3) is 0 Å². The van der Waals surface area contributed by atoms with Crippen LogP contribution in [0.15, 0.2) is 12.5 Å². The number of nitrogens with one attached hydrogen (secondary N) is 1. The maximum absolute atomic E-state index is 11.8. The average Bonchev–Trinajstić information content (AvgIpc) is 2.97. The number of carbonyl (C=O) groups excluding carboxylic acids is 1. The zero-order valence-corrected chi connectivity index (χ0v) is 10.3. The van der Waals surface area contributed by atoms with Crippen LogP contribution >= 0.6 is 0 Å². The van der Waals surface area contributed by atoms with Crippen LogP contribution in [-0.2, 0) is 16.1 Å². The Labute approximate surface area is 109 Å². The molecule has 2 rings (SSSR count). The molecule has 2 heterocycles. The number of amides is 1. The lowest BCUT2D eigenvalue weighted by Gasteiger charge is -2.13. The minimum atomic E-state index is -1.07. The number of aromatic carboxylic acids is 1. The highest BCUT2D eigenvalue weighted by molar-refractivity contribution is 5.84. The number of hydrogen-bond donors (Lipinski definition) is 3. The van der Waals surface area contributed by atoms with Gasteiger partial charge in [-0.05, 0) is 0 Å². The van der Waals surface area contributed by atoms with E-state index >= 15 is 0 Å². The molecule has 1 fully saturated rings. The van der Waals surface area contributed by atoms with Crippen molar-refractivity contribution in [3.05, 3.63) is 18.2 Å². The number of imidazole rings is 1. The van der Waals surface area contributed by atoms with Crippen molar-refractivity contribution in [1.29, 1.82) is 0 Å². The second kappa shape index (κ2) is 5.81. The summed E-state index contributed by atoms with van der Waals surface area (Å²) >= 11 is 0. The van der Waals surface area contributed by atoms with Crippen molar-refractivity contribution < 1.29 is 19.4 Å². The molecule has 0 aromatic carbocycles. The molecule has 0 aliphatic carbocycles. The SMILES string of the molecule is NC1COCC1C(=O)NCCn1cnc(C(=O)O)c1. The van der Waals surface area contributed by atoms with Crippen LogP contribution in [0.5, 0.6) is 0 Å². The first-order valence-corrected chi connectivity index (χ1v) is 5.94. The fourth-order valence-electron chi connectivity index (χ4n) is 1.87. The van der Waals surface area contributed by atoms with Gasteiger partial charge in [-0.2, -0.15) is 0 Å². The maximum atomic E-state index is 11.8. The smallest absolute Gasteiger partial charge is 0.356 e. The zero-order chi connectivity index (χ0) is 13.8. The van der Waals surface area contributed by atoms with Gasteiger partial charge in [0, 0.05) is 25.3 Å². The second-order valence-corrected chi connectivity index (χ2v) is 4.40. The molecule has 2 atom stereocenters. The van der Waals surface area contributed by atoms with Crippen LogP contribution in [0, 0.1) is 5.92 Å². The minimum Gasteiger partial charge on any atom is -0.476 e. The third kappa shape index (κ3) is 3.30. The predicted octanol–water partition coefficient (Wildman–Crippen LogP) is -1.33. The molecule has 4 N–H and O–H groups in total. The Balaban J connectivity index is 1.76. The highest BCUT2D eigenvalue weighted by atomic mass is 16.5. The number of carbonyl (C=O) groups is 2. The topological polar surface area (TPSA) is 119 Å². The van der Waals surface area contributed by atoms with Crippen molar-refractivity contribution in [2.75, 3.05) is 19.8 Å². The van der Waals surface area contributed by atoms with Gasteiger partial charge in [-0.1, -0.05) is 0 Å². The third-order valence-corrected chi connectivity index (χ3v) is 2.98. The summed E-state index contributed by atoms with van der Waals surface area (Å²) in [5.74, 6) is -1.52. The van der Waals surface area contributed by atoms with Crippen LogP contribution < -0.4 is 11.1 Å². The normalized spacial score (nSPS) is 22.4. The summed E-state index contributed by atoms with van der Waals surface area (Å²) in [6.07, 6.45) is 2.83. The Kier molecular flexibility index (Phi) is 4.13. The first kappa shape index (κ1) is 13.5. The van der Waals surface area contributed by atoms with Crippen molar-refractivity contribution >= 4 is 11.9 Å². The zero-order valence-electron chi connectivity index (χ0n) is 10.3. The van der Waals surface area contributed by atoms with Crippen LogP contribution in [0.4, 0.5) is 0 Å². The maximum Gasteiger partial charge on any atom is 0.356 e. The fraction of sp³-hybridized carbons (Fsp3) is 0.545. The van der Waals surface area contributed by atoms with Crippen LogP contribution in [0.1, 0.15) is 10.5 Å². The minimum absolute atomic E-state index is 0.0162. The van der Waals surface area contributed by atoms with Gasteiger partial charge in [-0.3, -0.25) is 4.79 Å². The highest BCUT2D eigenvalue weighted by Crippen LogP contribution is 2.11. The largest absolute Gasteiger partial charge is 0.476 e. The molecule has 1 aromatic rings. The molecule has 8 heteroatoms. The van der Waals surface area contributed by atoms with Crippen molar-refractivity contribution in [3.63, 3.8) is 0 Å². The fourth-order valence-corrected chi connectivity index (χ4v) is 1.87. The lowest BCUT2D eigenvalue weighted by atomic mass is 10.0. The van der Waals surface area contributed by atoms with E-state index in [0.29, 0.717) is 26.3 Å². The molecule has 0 bridgehead atoms. The van der Waals surface area contributed by atoms with E-state index < -0.39 is 5.97 Å². The molecule has 0 spiro atoms. The van der Waals surface area contributed by atoms with E-state index in [1.165, 1.54) is 12.5 Å². The Morgan fingerprint density at radius 3 is 2.95 bits per heavy atom. The molecular weight excluding hydrogens is 252 g/mol. The first-order chi connectivity index (χ1) is 9.08. The number of ether oxygens (including phenoxy) is 1. The van der Waals surface area contributed by atoms with Crippen molar-refractivity contribution in [2.24, 2.45) is 11.7 Å².